The van der Waals surface area contributed by atoms with E-state index in [9.17, 15) is 9.59 Å². The van der Waals surface area contributed by atoms with Crippen LogP contribution in [-0.2, 0) is 0 Å². The number of pyridine rings is 1. The fourth-order valence-corrected chi connectivity index (χ4v) is 2.91. The molecule has 2 aromatic heterocycles. The number of anilines is 1. The molecule has 0 unspecified atom stereocenters. The Morgan fingerprint density at radius 3 is 2.77 bits per heavy atom. The quantitative estimate of drug-likeness (QED) is 0.585. The Kier molecular flexibility index (Phi) is 3.80. The molecular formula is C20H17N3O3. The van der Waals surface area contributed by atoms with Crippen molar-refractivity contribution in [2.24, 2.45) is 0 Å². The molecule has 0 radical (unpaired) electrons. The standard InChI is InChI=1S/C20H17N3O3/c1-11(2)16-10-14(13-5-3-4-6-15(13)22-16)19(24)21-12-7-8-18-17(9-12)23-20(25)26-18/h3-11H,1-2H3,(H,21,24)(H,23,25). The fraction of sp³-hybridized carbons (Fsp3) is 0.150. The van der Waals surface area contributed by atoms with Gasteiger partial charge in [-0.2, -0.15) is 0 Å². The number of amides is 1. The zero-order chi connectivity index (χ0) is 18.3. The molecule has 0 spiro atoms. The average Bonchev–Trinajstić information content (AvgIpc) is 2.99. The summed E-state index contributed by atoms with van der Waals surface area (Å²) in [6.07, 6.45) is 0. The van der Waals surface area contributed by atoms with E-state index >= 15 is 0 Å². The number of para-hydroxylation sites is 1. The van der Waals surface area contributed by atoms with Crippen LogP contribution in [0.5, 0.6) is 0 Å². The summed E-state index contributed by atoms with van der Waals surface area (Å²) in [4.78, 5) is 31.4. The Hall–Kier alpha value is -3.41. The highest BCUT2D eigenvalue weighted by Crippen LogP contribution is 2.24. The first-order valence-corrected chi connectivity index (χ1v) is 8.35. The highest BCUT2D eigenvalue weighted by atomic mass is 16.4. The Morgan fingerprint density at radius 2 is 1.96 bits per heavy atom. The molecule has 0 atom stereocenters. The molecule has 0 bridgehead atoms. The fourth-order valence-electron chi connectivity index (χ4n) is 2.91. The maximum absolute atomic E-state index is 12.9. The van der Waals surface area contributed by atoms with Gasteiger partial charge >= 0.3 is 5.76 Å². The minimum atomic E-state index is -0.523. The SMILES string of the molecule is CC(C)c1cc(C(=O)Nc2ccc3oc(=O)[nH]c3c2)c2ccccc2n1. The molecule has 2 heterocycles. The number of aromatic amines is 1. The first kappa shape index (κ1) is 16.1. The number of hydrogen-bond donors (Lipinski definition) is 2. The Morgan fingerprint density at radius 1 is 1.15 bits per heavy atom. The molecule has 6 nitrogen and oxygen atoms in total. The predicted molar refractivity (Wildman–Crippen MR) is 101 cm³/mol. The van der Waals surface area contributed by atoms with Crippen molar-refractivity contribution in [1.29, 1.82) is 0 Å². The van der Waals surface area contributed by atoms with Crippen LogP contribution in [0.3, 0.4) is 0 Å². The second-order valence-corrected chi connectivity index (χ2v) is 6.45. The van der Waals surface area contributed by atoms with E-state index < -0.39 is 5.76 Å². The van der Waals surface area contributed by atoms with Gasteiger partial charge in [0, 0.05) is 16.8 Å². The lowest BCUT2D eigenvalue weighted by atomic mass is 10.0. The van der Waals surface area contributed by atoms with Gasteiger partial charge < -0.3 is 9.73 Å². The zero-order valence-corrected chi connectivity index (χ0v) is 14.4. The van der Waals surface area contributed by atoms with Crippen LogP contribution < -0.4 is 11.1 Å². The van der Waals surface area contributed by atoms with E-state index in [4.69, 9.17) is 4.42 Å². The minimum Gasteiger partial charge on any atom is -0.408 e. The van der Waals surface area contributed by atoms with Crippen molar-refractivity contribution in [3.05, 3.63) is 70.3 Å². The first-order valence-electron chi connectivity index (χ1n) is 8.35. The molecule has 2 N–H and O–H groups in total. The lowest BCUT2D eigenvalue weighted by Crippen LogP contribution is -2.13. The summed E-state index contributed by atoms with van der Waals surface area (Å²) < 4.78 is 4.98. The molecule has 0 aliphatic carbocycles. The summed E-state index contributed by atoms with van der Waals surface area (Å²) in [5, 5.41) is 3.69. The van der Waals surface area contributed by atoms with Crippen molar-refractivity contribution < 1.29 is 9.21 Å². The number of benzene rings is 2. The molecule has 1 amide bonds. The van der Waals surface area contributed by atoms with Crippen LogP contribution in [0.1, 0.15) is 35.8 Å². The highest BCUT2D eigenvalue weighted by molar-refractivity contribution is 6.12. The number of nitrogens with zero attached hydrogens (tertiary/aromatic N) is 1. The van der Waals surface area contributed by atoms with Crippen LogP contribution in [0.25, 0.3) is 22.0 Å². The molecular weight excluding hydrogens is 330 g/mol. The molecule has 0 aliphatic rings. The van der Waals surface area contributed by atoms with Crippen molar-refractivity contribution in [1.82, 2.24) is 9.97 Å². The number of oxazole rings is 1. The molecule has 0 saturated heterocycles. The van der Waals surface area contributed by atoms with Gasteiger partial charge in [-0.3, -0.25) is 14.8 Å². The summed E-state index contributed by atoms with van der Waals surface area (Å²) in [5.41, 5.74) is 3.79. The van der Waals surface area contributed by atoms with E-state index in [-0.39, 0.29) is 11.8 Å². The Labute approximate surface area is 148 Å². The van der Waals surface area contributed by atoms with Crippen LogP contribution >= 0.6 is 0 Å². The van der Waals surface area contributed by atoms with Crippen molar-refractivity contribution in [2.75, 3.05) is 5.32 Å². The van der Waals surface area contributed by atoms with E-state index in [0.717, 1.165) is 16.6 Å². The van der Waals surface area contributed by atoms with Crippen LogP contribution in [0.15, 0.2) is 57.7 Å². The summed E-state index contributed by atoms with van der Waals surface area (Å²) in [7, 11) is 0. The van der Waals surface area contributed by atoms with E-state index in [0.29, 0.717) is 22.4 Å². The van der Waals surface area contributed by atoms with Gasteiger partial charge in [-0.05, 0) is 36.2 Å². The second kappa shape index (κ2) is 6.15. The lowest BCUT2D eigenvalue weighted by Gasteiger charge is -2.12. The molecule has 26 heavy (non-hydrogen) atoms. The second-order valence-electron chi connectivity index (χ2n) is 6.45. The van der Waals surface area contributed by atoms with E-state index in [1.165, 1.54) is 0 Å². The number of nitrogens with one attached hydrogen (secondary N) is 2. The smallest absolute Gasteiger partial charge is 0.408 e. The van der Waals surface area contributed by atoms with Gasteiger partial charge in [0.15, 0.2) is 5.58 Å². The Bertz CT molecular complexity index is 1190. The van der Waals surface area contributed by atoms with Gasteiger partial charge in [-0.15, -0.1) is 0 Å². The van der Waals surface area contributed by atoms with Gasteiger partial charge in [0.25, 0.3) is 5.91 Å². The van der Waals surface area contributed by atoms with Crippen LogP contribution in [-0.4, -0.2) is 15.9 Å². The molecule has 4 aromatic rings. The summed E-state index contributed by atoms with van der Waals surface area (Å²) in [6, 6.07) is 14.4. The molecule has 0 saturated carbocycles. The van der Waals surface area contributed by atoms with Crippen LogP contribution in [0, 0.1) is 0 Å². The maximum Gasteiger partial charge on any atom is 0.417 e. The summed E-state index contributed by atoms with van der Waals surface area (Å²) in [5.74, 6) is -0.542. The molecule has 6 heteroatoms. The van der Waals surface area contributed by atoms with Gasteiger partial charge in [0.05, 0.1) is 16.6 Å². The van der Waals surface area contributed by atoms with Crippen LogP contribution in [0.2, 0.25) is 0 Å². The summed E-state index contributed by atoms with van der Waals surface area (Å²) in [6.45, 7) is 4.09. The van der Waals surface area contributed by atoms with Gasteiger partial charge in [-0.1, -0.05) is 32.0 Å². The van der Waals surface area contributed by atoms with Gasteiger partial charge in [0.1, 0.15) is 0 Å². The monoisotopic (exact) mass is 347 g/mol. The largest absolute Gasteiger partial charge is 0.417 e. The molecule has 0 aliphatic heterocycles. The van der Waals surface area contributed by atoms with E-state index in [1.54, 1.807) is 18.2 Å². The third-order valence-electron chi connectivity index (χ3n) is 4.25. The zero-order valence-electron chi connectivity index (χ0n) is 14.4. The number of carbonyl (C=O) groups is 1. The number of H-pyrrole nitrogens is 1. The van der Waals surface area contributed by atoms with Gasteiger partial charge in [0.2, 0.25) is 0 Å². The van der Waals surface area contributed by atoms with Gasteiger partial charge in [-0.25, -0.2) is 4.79 Å². The minimum absolute atomic E-state index is 0.207. The highest BCUT2D eigenvalue weighted by Gasteiger charge is 2.15. The maximum atomic E-state index is 12.9. The predicted octanol–water partition coefficient (Wildman–Crippen LogP) is 4.05. The van der Waals surface area contributed by atoms with Crippen molar-refractivity contribution in [2.45, 2.75) is 19.8 Å². The molecule has 130 valence electrons. The third-order valence-corrected chi connectivity index (χ3v) is 4.25. The molecule has 4 rings (SSSR count). The molecule has 2 aromatic carbocycles. The number of carbonyl (C=O) groups excluding carboxylic acids is 1. The number of hydrogen-bond acceptors (Lipinski definition) is 4. The normalized spacial score (nSPS) is 11.3. The van der Waals surface area contributed by atoms with E-state index in [2.05, 4.69) is 15.3 Å². The van der Waals surface area contributed by atoms with Crippen molar-refractivity contribution >= 4 is 33.6 Å². The average molecular weight is 347 g/mol. The van der Waals surface area contributed by atoms with Crippen LogP contribution in [0.4, 0.5) is 5.69 Å². The number of fused-ring (bicyclic) bond motifs is 2. The first-order chi connectivity index (χ1) is 12.5. The number of rotatable bonds is 3. The molecule has 0 fully saturated rings. The van der Waals surface area contributed by atoms with Crippen molar-refractivity contribution in [3.63, 3.8) is 0 Å². The topological polar surface area (TPSA) is 88.0 Å². The third kappa shape index (κ3) is 2.86. The lowest BCUT2D eigenvalue weighted by molar-refractivity contribution is 0.102. The van der Waals surface area contributed by atoms with E-state index in [1.807, 2.05) is 44.2 Å². The van der Waals surface area contributed by atoms with Crippen molar-refractivity contribution in [3.8, 4) is 0 Å². The Balaban J connectivity index is 1.75. The summed E-state index contributed by atoms with van der Waals surface area (Å²) >= 11 is 0. The number of aromatic nitrogens is 2.